The molecule has 2 heterocycles. The Hall–Kier alpha value is -3.03. The van der Waals surface area contributed by atoms with Crippen LogP contribution in [0.3, 0.4) is 0 Å². The zero-order valence-electron chi connectivity index (χ0n) is 12.8. The predicted molar refractivity (Wildman–Crippen MR) is 81.6 cm³/mol. The van der Waals surface area contributed by atoms with Crippen LogP contribution in [0.15, 0.2) is 34.7 Å². The lowest BCUT2D eigenvalue weighted by atomic mass is 10.1. The minimum Gasteiger partial charge on any atom is -0.431 e. The van der Waals surface area contributed by atoms with Gasteiger partial charge in [0.05, 0.1) is 5.69 Å². The van der Waals surface area contributed by atoms with Crippen LogP contribution >= 0.6 is 0 Å². The fraction of sp³-hybridized carbons (Fsp3) is 0.267. The first kappa shape index (κ1) is 14.9. The summed E-state index contributed by atoms with van der Waals surface area (Å²) in [6.07, 6.45) is 0. The fourth-order valence-corrected chi connectivity index (χ4v) is 2.11. The van der Waals surface area contributed by atoms with Gasteiger partial charge in [0.1, 0.15) is 0 Å². The van der Waals surface area contributed by atoms with Gasteiger partial charge in [0.25, 0.3) is 5.91 Å². The highest BCUT2D eigenvalue weighted by Crippen LogP contribution is 2.21. The van der Waals surface area contributed by atoms with Crippen LogP contribution < -0.4 is 5.32 Å². The van der Waals surface area contributed by atoms with E-state index in [1.54, 1.807) is 6.92 Å². The number of carbonyl (C=O) groups is 1. The number of hydrogen-bond donors (Lipinski definition) is 2. The van der Waals surface area contributed by atoms with Crippen molar-refractivity contribution in [2.45, 2.75) is 19.8 Å². The summed E-state index contributed by atoms with van der Waals surface area (Å²) in [4.78, 5) is 16.6. The molecule has 0 saturated heterocycles. The number of aromatic amines is 1. The van der Waals surface area contributed by atoms with Gasteiger partial charge in [-0.2, -0.15) is 5.21 Å². The van der Waals surface area contributed by atoms with Gasteiger partial charge in [-0.25, -0.2) is 4.98 Å². The van der Waals surface area contributed by atoms with Crippen molar-refractivity contribution in [3.8, 4) is 11.5 Å². The molecule has 23 heavy (non-hydrogen) atoms. The molecule has 8 heteroatoms. The third-order valence-electron chi connectivity index (χ3n) is 3.39. The summed E-state index contributed by atoms with van der Waals surface area (Å²) >= 11 is 0. The Morgan fingerprint density at radius 3 is 2.83 bits per heavy atom. The average Bonchev–Trinajstić information content (AvgIpc) is 3.23. The van der Waals surface area contributed by atoms with E-state index in [-0.39, 0.29) is 17.6 Å². The van der Waals surface area contributed by atoms with Crippen LogP contribution in [0.2, 0.25) is 0 Å². The van der Waals surface area contributed by atoms with Crippen molar-refractivity contribution >= 4 is 5.91 Å². The van der Waals surface area contributed by atoms with Gasteiger partial charge in [-0.05, 0) is 19.1 Å². The molecule has 0 aliphatic carbocycles. The lowest BCUT2D eigenvalue weighted by Gasteiger charge is -2.07. The molecular weight excluding hydrogens is 296 g/mol. The molecule has 2 aromatic heterocycles. The van der Waals surface area contributed by atoms with E-state index in [9.17, 15) is 4.79 Å². The number of rotatable bonds is 5. The SMILES string of the molecule is Cc1nc(-c2ccccc2)oc1C(=O)NC[C@H](C)c1nn[nH]n1. The maximum absolute atomic E-state index is 12.3. The summed E-state index contributed by atoms with van der Waals surface area (Å²) in [5.74, 6) is 0.815. The third-order valence-corrected chi connectivity index (χ3v) is 3.39. The smallest absolute Gasteiger partial charge is 0.289 e. The van der Waals surface area contributed by atoms with Crippen molar-refractivity contribution in [1.82, 2.24) is 30.9 Å². The summed E-state index contributed by atoms with van der Waals surface area (Å²) in [7, 11) is 0. The Labute approximate surface area is 132 Å². The minimum atomic E-state index is -0.312. The van der Waals surface area contributed by atoms with E-state index < -0.39 is 0 Å². The molecule has 3 rings (SSSR count). The molecule has 0 radical (unpaired) electrons. The monoisotopic (exact) mass is 312 g/mol. The Kier molecular flexibility index (Phi) is 4.13. The number of H-pyrrole nitrogens is 1. The molecule has 0 bridgehead atoms. The molecule has 118 valence electrons. The number of nitrogens with zero attached hydrogens (tertiary/aromatic N) is 4. The summed E-state index contributed by atoms with van der Waals surface area (Å²) in [6, 6.07) is 9.45. The average molecular weight is 312 g/mol. The number of benzene rings is 1. The van der Waals surface area contributed by atoms with Crippen molar-refractivity contribution in [3.05, 3.63) is 47.6 Å². The van der Waals surface area contributed by atoms with Crippen LogP contribution in [0.4, 0.5) is 0 Å². The topological polar surface area (TPSA) is 110 Å². The second-order valence-electron chi connectivity index (χ2n) is 5.18. The number of amides is 1. The van der Waals surface area contributed by atoms with Crippen LogP contribution in [0.5, 0.6) is 0 Å². The maximum Gasteiger partial charge on any atom is 0.289 e. The summed E-state index contributed by atoms with van der Waals surface area (Å²) in [5.41, 5.74) is 1.38. The largest absolute Gasteiger partial charge is 0.431 e. The van der Waals surface area contributed by atoms with Gasteiger partial charge in [0.2, 0.25) is 11.7 Å². The van der Waals surface area contributed by atoms with Crippen molar-refractivity contribution in [3.63, 3.8) is 0 Å². The normalized spacial score (nSPS) is 12.1. The molecule has 0 spiro atoms. The molecule has 1 amide bonds. The lowest BCUT2D eigenvalue weighted by molar-refractivity contribution is 0.0923. The van der Waals surface area contributed by atoms with Gasteiger partial charge in [-0.15, -0.1) is 10.2 Å². The van der Waals surface area contributed by atoms with Gasteiger partial charge in [0, 0.05) is 18.0 Å². The van der Waals surface area contributed by atoms with E-state index in [1.165, 1.54) is 0 Å². The van der Waals surface area contributed by atoms with Gasteiger partial charge in [-0.3, -0.25) is 4.79 Å². The van der Waals surface area contributed by atoms with E-state index >= 15 is 0 Å². The van der Waals surface area contributed by atoms with Gasteiger partial charge in [0.15, 0.2) is 5.82 Å². The molecule has 2 N–H and O–H groups in total. The highest BCUT2D eigenvalue weighted by Gasteiger charge is 2.19. The third kappa shape index (κ3) is 3.25. The van der Waals surface area contributed by atoms with E-state index in [0.717, 1.165) is 5.56 Å². The van der Waals surface area contributed by atoms with Gasteiger partial charge >= 0.3 is 0 Å². The van der Waals surface area contributed by atoms with Crippen LogP contribution in [0.25, 0.3) is 11.5 Å². The number of oxazole rings is 1. The van der Waals surface area contributed by atoms with Crippen molar-refractivity contribution in [2.24, 2.45) is 0 Å². The molecule has 0 aliphatic heterocycles. The highest BCUT2D eigenvalue weighted by atomic mass is 16.4. The number of aromatic nitrogens is 5. The molecule has 0 saturated carbocycles. The van der Waals surface area contributed by atoms with Crippen LogP contribution in [-0.2, 0) is 0 Å². The first-order valence-electron chi connectivity index (χ1n) is 7.19. The quantitative estimate of drug-likeness (QED) is 0.742. The molecule has 1 aromatic carbocycles. The molecule has 8 nitrogen and oxygen atoms in total. The summed E-state index contributed by atoms with van der Waals surface area (Å²) in [6.45, 7) is 4.01. The van der Waals surface area contributed by atoms with Crippen molar-refractivity contribution in [2.75, 3.05) is 6.54 Å². The second-order valence-corrected chi connectivity index (χ2v) is 5.18. The zero-order valence-corrected chi connectivity index (χ0v) is 12.8. The van der Waals surface area contributed by atoms with E-state index in [0.29, 0.717) is 24.0 Å². The van der Waals surface area contributed by atoms with Crippen molar-refractivity contribution in [1.29, 1.82) is 0 Å². The molecule has 0 fully saturated rings. The van der Waals surface area contributed by atoms with Crippen LogP contribution in [0, 0.1) is 6.92 Å². The Bertz CT molecular complexity index is 782. The number of carbonyl (C=O) groups excluding carboxylic acids is 1. The first-order chi connectivity index (χ1) is 11.1. The first-order valence-corrected chi connectivity index (χ1v) is 7.19. The van der Waals surface area contributed by atoms with Crippen molar-refractivity contribution < 1.29 is 9.21 Å². The number of hydrogen-bond acceptors (Lipinski definition) is 6. The maximum atomic E-state index is 12.3. The Morgan fingerprint density at radius 2 is 2.13 bits per heavy atom. The number of aryl methyl sites for hydroxylation is 1. The Morgan fingerprint density at radius 1 is 1.35 bits per heavy atom. The molecular formula is C15H16N6O2. The Balaban J connectivity index is 1.69. The molecule has 3 aromatic rings. The molecule has 0 aliphatic rings. The highest BCUT2D eigenvalue weighted by molar-refractivity contribution is 5.92. The van der Waals surface area contributed by atoms with Crippen LogP contribution in [-0.4, -0.2) is 38.1 Å². The number of tetrazole rings is 1. The second kappa shape index (κ2) is 6.39. The standard InChI is InChI=1S/C15H16N6O2/c1-9(13-18-20-21-19-13)8-16-14(22)12-10(2)17-15(23-12)11-6-4-3-5-7-11/h3-7,9H,8H2,1-2H3,(H,16,22)(H,18,19,20,21)/t9-/m0/s1. The number of nitrogens with one attached hydrogen (secondary N) is 2. The van der Waals surface area contributed by atoms with E-state index in [4.69, 9.17) is 4.42 Å². The molecule has 1 atom stereocenters. The van der Waals surface area contributed by atoms with E-state index in [2.05, 4.69) is 30.9 Å². The van der Waals surface area contributed by atoms with E-state index in [1.807, 2.05) is 37.3 Å². The van der Waals surface area contributed by atoms with Gasteiger partial charge < -0.3 is 9.73 Å². The fourth-order valence-electron chi connectivity index (χ4n) is 2.11. The summed E-state index contributed by atoms with van der Waals surface area (Å²) < 4.78 is 5.61. The molecule has 0 unspecified atom stereocenters. The summed E-state index contributed by atoms with van der Waals surface area (Å²) in [5, 5.41) is 16.5. The predicted octanol–water partition coefficient (Wildman–Crippen LogP) is 1.70. The minimum absolute atomic E-state index is 0.0606. The van der Waals surface area contributed by atoms with Crippen LogP contribution in [0.1, 0.15) is 34.9 Å². The lowest BCUT2D eigenvalue weighted by Crippen LogP contribution is -2.28. The van der Waals surface area contributed by atoms with Gasteiger partial charge in [-0.1, -0.05) is 30.3 Å². The zero-order chi connectivity index (χ0) is 16.2.